The van der Waals surface area contributed by atoms with Crippen molar-refractivity contribution in [1.82, 2.24) is 15.5 Å². The number of nitrogens with zero attached hydrogens (tertiary/aromatic N) is 1. The Bertz CT molecular complexity index is 697. The summed E-state index contributed by atoms with van der Waals surface area (Å²) in [5.74, 6) is 0.558. The predicted octanol–water partition coefficient (Wildman–Crippen LogP) is 0.764. The van der Waals surface area contributed by atoms with E-state index < -0.39 is 12.3 Å². The molecule has 8 heteroatoms. The molecule has 0 saturated carbocycles. The van der Waals surface area contributed by atoms with Gasteiger partial charge in [-0.25, -0.2) is 4.79 Å². The average Bonchev–Trinajstić information content (AvgIpc) is 2.94. The highest BCUT2D eigenvalue weighted by Crippen LogP contribution is 2.33. The van der Waals surface area contributed by atoms with Gasteiger partial charge in [0.2, 0.25) is 0 Å². The van der Waals surface area contributed by atoms with Crippen LogP contribution >= 0.6 is 0 Å². The van der Waals surface area contributed by atoms with Crippen LogP contribution in [0.3, 0.4) is 0 Å². The van der Waals surface area contributed by atoms with Crippen LogP contribution in [0.15, 0.2) is 35.5 Å². The molecule has 0 aromatic heterocycles. The summed E-state index contributed by atoms with van der Waals surface area (Å²) in [7, 11) is 4.62. The van der Waals surface area contributed by atoms with E-state index in [1.165, 1.54) is 14.2 Å². The molecule has 2 N–H and O–H groups in total. The van der Waals surface area contributed by atoms with Crippen LogP contribution in [0.5, 0.6) is 5.75 Å². The van der Waals surface area contributed by atoms with Crippen molar-refractivity contribution in [2.24, 2.45) is 0 Å². The van der Waals surface area contributed by atoms with E-state index >= 15 is 0 Å². The van der Waals surface area contributed by atoms with Gasteiger partial charge in [-0.05, 0) is 17.7 Å². The second-order valence-electron chi connectivity index (χ2n) is 5.78. The summed E-state index contributed by atoms with van der Waals surface area (Å²) in [5.41, 5.74) is 1.96. The Balaban J connectivity index is 1.86. The molecule has 0 saturated heterocycles. The van der Waals surface area contributed by atoms with Crippen LogP contribution in [0.1, 0.15) is 11.6 Å². The van der Waals surface area contributed by atoms with Gasteiger partial charge in [0.05, 0.1) is 37.5 Å². The number of methoxy groups -OCH3 is 3. The van der Waals surface area contributed by atoms with Gasteiger partial charge < -0.3 is 29.7 Å². The largest absolute Gasteiger partial charge is 0.497 e. The topological polar surface area (TPSA) is 89.1 Å². The number of rotatable bonds is 6. The first kappa shape index (κ1) is 17.2. The molecule has 1 unspecified atom stereocenters. The van der Waals surface area contributed by atoms with Crippen molar-refractivity contribution in [2.75, 3.05) is 34.4 Å². The number of amides is 3. The molecule has 0 radical (unpaired) electrons. The minimum Gasteiger partial charge on any atom is -0.497 e. The Morgan fingerprint density at radius 3 is 2.44 bits per heavy atom. The van der Waals surface area contributed by atoms with Gasteiger partial charge in [-0.3, -0.25) is 4.79 Å². The van der Waals surface area contributed by atoms with Crippen LogP contribution in [0.2, 0.25) is 0 Å². The Morgan fingerprint density at radius 2 is 1.84 bits per heavy atom. The van der Waals surface area contributed by atoms with Crippen molar-refractivity contribution in [3.63, 3.8) is 0 Å². The van der Waals surface area contributed by atoms with Crippen LogP contribution in [0, 0.1) is 0 Å². The Hall–Kier alpha value is -2.58. The quantitative estimate of drug-likeness (QED) is 0.742. The minimum atomic E-state index is -0.520. The van der Waals surface area contributed by atoms with E-state index in [-0.39, 0.29) is 18.5 Å². The fourth-order valence-corrected chi connectivity index (χ4v) is 3.05. The summed E-state index contributed by atoms with van der Waals surface area (Å²) in [6, 6.07) is 6.44. The lowest BCUT2D eigenvalue weighted by Gasteiger charge is -2.26. The normalized spacial score (nSPS) is 19.8. The van der Waals surface area contributed by atoms with Crippen molar-refractivity contribution in [2.45, 2.75) is 12.3 Å². The molecule has 25 heavy (non-hydrogen) atoms. The SMILES string of the molecule is COc1ccc(C2NC(=O)NC3=C2C(=O)N(CC(OC)OC)C3)cc1. The molecule has 2 heterocycles. The Morgan fingerprint density at radius 1 is 1.16 bits per heavy atom. The molecule has 3 amide bonds. The molecule has 2 aliphatic heterocycles. The van der Waals surface area contributed by atoms with Crippen molar-refractivity contribution in [1.29, 1.82) is 0 Å². The third-order valence-corrected chi connectivity index (χ3v) is 4.36. The summed E-state index contributed by atoms with van der Waals surface area (Å²) in [6.07, 6.45) is -0.520. The molecule has 1 aromatic rings. The second kappa shape index (κ2) is 7.12. The lowest BCUT2D eigenvalue weighted by atomic mass is 9.96. The van der Waals surface area contributed by atoms with Gasteiger partial charge in [0.25, 0.3) is 5.91 Å². The fraction of sp³-hybridized carbons (Fsp3) is 0.412. The average molecular weight is 347 g/mol. The smallest absolute Gasteiger partial charge is 0.319 e. The van der Waals surface area contributed by atoms with Crippen molar-refractivity contribution < 1.29 is 23.8 Å². The molecular weight excluding hydrogens is 326 g/mol. The zero-order chi connectivity index (χ0) is 18.0. The summed E-state index contributed by atoms with van der Waals surface area (Å²) in [6.45, 7) is 0.599. The number of hydrogen-bond donors (Lipinski definition) is 2. The lowest BCUT2D eigenvalue weighted by molar-refractivity contribution is -0.140. The monoisotopic (exact) mass is 347 g/mol. The van der Waals surface area contributed by atoms with Gasteiger partial charge in [0, 0.05) is 14.2 Å². The fourth-order valence-electron chi connectivity index (χ4n) is 3.05. The number of benzene rings is 1. The highest BCUT2D eigenvalue weighted by molar-refractivity contribution is 6.01. The van der Waals surface area contributed by atoms with Crippen LogP contribution in [0.25, 0.3) is 0 Å². The maximum Gasteiger partial charge on any atom is 0.319 e. The summed E-state index contributed by atoms with van der Waals surface area (Å²) in [5, 5.41) is 5.55. The molecule has 1 atom stereocenters. The summed E-state index contributed by atoms with van der Waals surface area (Å²) in [4.78, 5) is 26.5. The molecule has 0 aliphatic carbocycles. The van der Waals surface area contributed by atoms with Gasteiger partial charge in [-0.15, -0.1) is 0 Å². The molecule has 2 aliphatic rings. The van der Waals surface area contributed by atoms with Crippen LogP contribution in [-0.2, 0) is 14.3 Å². The van der Waals surface area contributed by atoms with E-state index in [1.54, 1.807) is 24.1 Å². The molecule has 1 aromatic carbocycles. The zero-order valence-electron chi connectivity index (χ0n) is 14.4. The van der Waals surface area contributed by atoms with Crippen molar-refractivity contribution in [3.05, 3.63) is 41.1 Å². The molecular formula is C17H21N3O5. The number of carbonyl (C=O) groups is 2. The maximum absolute atomic E-state index is 12.9. The molecule has 0 fully saturated rings. The first-order valence-corrected chi connectivity index (χ1v) is 7.86. The van der Waals surface area contributed by atoms with E-state index in [0.717, 1.165) is 5.56 Å². The van der Waals surface area contributed by atoms with Crippen molar-refractivity contribution >= 4 is 11.9 Å². The Kier molecular flexibility index (Phi) is 4.91. The minimum absolute atomic E-state index is 0.151. The third-order valence-electron chi connectivity index (χ3n) is 4.36. The number of ether oxygens (including phenoxy) is 3. The van der Waals surface area contributed by atoms with E-state index in [0.29, 0.717) is 23.6 Å². The lowest BCUT2D eigenvalue weighted by Crippen LogP contribution is -2.44. The summed E-state index contributed by atoms with van der Waals surface area (Å²) >= 11 is 0. The predicted molar refractivity (Wildman–Crippen MR) is 88.8 cm³/mol. The Labute approximate surface area is 145 Å². The third kappa shape index (κ3) is 3.31. The van der Waals surface area contributed by atoms with Gasteiger partial charge in [0.15, 0.2) is 6.29 Å². The van der Waals surface area contributed by atoms with E-state index in [4.69, 9.17) is 14.2 Å². The number of urea groups is 1. The molecule has 134 valence electrons. The zero-order valence-corrected chi connectivity index (χ0v) is 14.4. The first-order chi connectivity index (χ1) is 12.1. The highest BCUT2D eigenvalue weighted by Gasteiger charge is 2.40. The van der Waals surface area contributed by atoms with Crippen LogP contribution in [-0.4, -0.2) is 57.5 Å². The van der Waals surface area contributed by atoms with Crippen LogP contribution < -0.4 is 15.4 Å². The number of nitrogens with one attached hydrogen (secondary N) is 2. The highest BCUT2D eigenvalue weighted by atomic mass is 16.7. The molecule has 0 bridgehead atoms. The van der Waals surface area contributed by atoms with Crippen LogP contribution in [0.4, 0.5) is 4.79 Å². The number of hydrogen-bond acceptors (Lipinski definition) is 5. The van der Waals surface area contributed by atoms with E-state index in [2.05, 4.69) is 10.6 Å². The van der Waals surface area contributed by atoms with E-state index in [1.807, 2.05) is 12.1 Å². The van der Waals surface area contributed by atoms with E-state index in [9.17, 15) is 9.59 Å². The second-order valence-corrected chi connectivity index (χ2v) is 5.78. The molecule has 0 spiro atoms. The van der Waals surface area contributed by atoms with Gasteiger partial charge in [0.1, 0.15) is 5.75 Å². The van der Waals surface area contributed by atoms with Crippen molar-refractivity contribution in [3.8, 4) is 5.75 Å². The first-order valence-electron chi connectivity index (χ1n) is 7.86. The summed E-state index contributed by atoms with van der Waals surface area (Å²) < 4.78 is 15.5. The molecule has 8 nitrogen and oxygen atoms in total. The standard InChI is InChI=1S/C17H21N3O5/c1-23-11-6-4-10(5-7-11)15-14-12(18-17(22)19-15)8-20(16(14)21)9-13(24-2)25-3/h4-7,13,15H,8-9H2,1-3H3,(H2,18,19,22). The van der Waals surface area contributed by atoms with Gasteiger partial charge in [-0.2, -0.15) is 0 Å². The molecule has 3 rings (SSSR count). The maximum atomic E-state index is 12.9. The number of carbonyl (C=O) groups excluding carboxylic acids is 2. The van der Waals surface area contributed by atoms with Gasteiger partial charge in [-0.1, -0.05) is 12.1 Å². The van der Waals surface area contributed by atoms with Gasteiger partial charge >= 0.3 is 6.03 Å².